The molecule has 0 unspecified atom stereocenters. The summed E-state index contributed by atoms with van der Waals surface area (Å²) in [6, 6.07) is 12.2. The molecule has 1 aromatic carbocycles. The van der Waals surface area contributed by atoms with Gasteiger partial charge in [-0.3, -0.25) is 14.6 Å². The Balaban J connectivity index is 2.13. The number of anilines is 1. The molecule has 0 fully saturated rings. The third kappa shape index (κ3) is 4.17. The van der Waals surface area contributed by atoms with E-state index in [9.17, 15) is 9.59 Å². The second kappa shape index (κ2) is 8.21. The molecule has 0 bridgehead atoms. The highest BCUT2D eigenvalue weighted by Gasteiger charge is 2.17. The summed E-state index contributed by atoms with van der Waals surface area (Å²) in [6.45, 7) is 1.88. The van der Waals surface area contributed by atoms with Crippen molar-refractivity contribution in [3.8, 4) is 0 Å². The van der Waals surface area contributed by atoms with Gasteiger partial charge in [-0.2, -0.15) is 0 Å². The Morgan fingerprint density at radius 3 is 2.54 bits per heavy atom. The highest BCUT2D eigenvalue weighted by Crippen LogP contribution is 2.20. The fourth-order valence-corrected chi connectivity index (χ4v) is 2.31. The van der Waals surface area contributed by atoms with E-state index in [0.717, 1.165) is 0 Å². The molecule has 6 nitrogen and oxygen atoms in total. The molecule has 126 valence electrons. The number of rotatable bonds is 6. The Bertz CT molecular complexity index is 731. The lowest BCUT2D eigenvalue weighted by Crippen LogP contribution is -2.30. The third-order valence-corrected chi connectivity index (χ3v) is 3.64. The maximum atomic E-state index is 12.5. The number of hydrogen-bond acceptors (Lipinski definition) is 4. The highest BCUT2D eigenvalue weighted by molar-refractivity contribution is 6.04. The van der Waals surface area contributed by atoms with E-state index in [1.54, 1.807) is 56.4 Å². The van der Waals surface area contributed by atoms with E-state index >= 15 is 0 Å². The van der Waals surface area contributed by atoms with E-state index in [0.29, 0.717) is 29.1 Å². The number of pyridine rings is 1. The van der Waals surface area contributed by atoms with E-state index < -0.39 is 0 Å². The first-order valence-corrected chi connectivity index (χ1v) is 7.76. The molecule has 2 N–H and O–H groups in total. The largest absolute Gasteiger partial charge is 0.390 e. The predicted molar refractivity (Wildman–Crippen MR) is 91.5 cm³/mol. The normalized spacial score (nSPS) is 10.3. The van der Waals surface area contributed by atoms with E-state index in [1.165, 1.54) is 4.90 Å². The van der Waals surface area contributed by atoms with E-state index in [2.05, 4.69) is 10.3 Å². The number of aliphatic hydroxyl groups is 1. The van der Waals surface area contributed by atoms with Crippen molar-refractivity contribution in [2.75, 3.05) is 11.9 Å². The first-order chi connectivity index (χ1) is 11.6. The average Bonchev–Trinajstić information content (AvgIpc) is 2.64. The molecular formula is C18H21N3O3. The fourth-order valence-electron chi connectivity index (χ4n) is 2.31. The maximum absolute atomic E-state index is 12.5. The fraction of sp³-hybridized carbons (Fsp3) is 0.278. The van der Waals surface area contributed by atoms with Crippen LogP contribution >= 0.6 is 0 Å². The summed E-state index contributed by atoms with van der Waals surface area (Å²) in [4.78, 5) is 30.1. The van der Waals surface area contributed by atoms with Crippen LogP contribution in [0, 0.1) is 0 Å². The quantitative estimate of drug-likeness (QED) is 0.848. The van der Waals surface area contributed by atoms with E-state index in [-0.39, 0.29) is 25.0 Å². The minimum atomic E-state index is -0.280. The Labute approximate surface area is 141 Å². The Morgan fingerprint density at radius 1 is 1.12 bits per heavy atom. The van der Waals surface area contributed by atoms with Crippen LogP contribution in [0.5, 0.6) is 0 Å². The van der Waals surface area contributed by atoms with Crippen LogP contribution in [0.1, 0.15) is 35.1 Å². The molecule has 0 aliphatic heterocycles. The van der Waals surface area contributed by atoms with Crippen molar-refractivity contribution in [3.05, 3.63) is 59.4 Å². The lowest BCUT2D eigenvalue weighted by Gasteiger charge is -2.19. The molecule has 0 spiro atoms. The number of nitrogens with one attached hydrogen (secondary N) is 1. The predicted octanol–water partition coefficient (Wildman–Crippen LogP) is 1.88. The van der Waals surface area contributed by atoms with Crippen LogP contribution in [0.15, 0.2) is 42.5 Å². The van der Waals surface area contributed by atoms with Gasteiger partial charge in [0, 0.05) is 13.5 Å². The summed E-state index contributed by atoms with van der Waals surface area (Å²) in [5.74, 6) is -0.342. The van der Waals surface area contributed by atoms with Crippen LogP contribution < -0.4 is 10.2 Å². The molecule has 1 aromatic heterocycles. The number of benzene rings is 1. The standard InChI is InChI=1S/C18H21N3O3/c1-3-17(23)21(2)16-10-5-4-9-15(16)18(24)19-11-13-7-6-8-14(12-22)20-13/h4-10,22H,3,11-12H2,1-2H3,(H,19,24). The average molecular weight is 327 g/mol. The van der Waals surface area contributed by atoms with Crippen LogP contribution in [-0.4, -0.2) is 29.0 Å². The molecule has 0 aliphatic carbocycles. The first kappa shape index (κ1) is 17.6. The highest BCUT2D eigenvalue weighted by atomic mass is 16.3. The number of carbonyl (C=O) groups is 2. The molecule has 6 heteroatoms. The smallest absolute Gasteiger partial charge is 0.253 e. The Morgan fingerprint density at radius 2 is 1.83 bits per heavy atom. The van der Waals surface area contributed by atoms with Gasteiger partial charge in [0.2, 0.25) is 5.91 Å². The van der Waals surface area contributed by atoms with E-state index in [1.807, 2.05) is 0 Å². The lowest BCUT2D eigenvalue weighted by molar-refractivity contribution is -0.118. The van der Waals surface area contributed by atoms with Crippen molar-refractivity contribution in [2.24, 2.45) is 0 Å². The summed E-state index contributed by atoms with van der Waals surface area (Å²) in [7, 11) is 1.66. The molecule has 0 saturated heterocycles. The third-order valence-electron chi connectivity index (χ3n) is 3.64. The molecule has 0 saturated carbocycles. The van der Waals surface area contributed by atoms with Gasteiger partial charge in [-0.15, -0.1) is 0 Å². The first-order valence-electron chi connectivity index (χ1n) is 7.76. The van der Waals surface area contributed by atoms with Crippen molar-refractivity contribution in [3.63, 3.8) is 0 Å². The second-order valence-electron chi connectivity index (χ2n) is 5.28. The van der Waals surface area contributed by atoms with Gasteiger partial charge >= 0.3 is 0 Å². The van der Waals surface area contributed by atoms with Gasteiger partial charge in [-0.1, -0.05) is 25.1 Å². The summed E-state index contributed by atoms with van der Waals surface area (Å²) >= 11 is 0. The van der Waals surface area contributed by atoms with Crippen molar-refractivity contribution >= 4 is 17.5 Å². The minimum Gasteiger partial charge on any atom is -0.390 e. The number of nitrogens with zero attached hydrogens (tertiary/aromatic N) is 2. The van der Waals surface area contributed by atoms with Crippen LogP contribution in [0.3, 0.4) is 0 Å². The number of carbonyl (C=O) groups excluding carboxylic acids is 2. The lowest BCUT2D eigenvalue weighted by atomic mass is 10.1. The molecule has 0 aliphatic rings. The van der Waals surface area contributed by atoms with Gasteiger partial charge in [0.15, 0.2) is 0 Å². The van der Waals surface area contributed by atoms with Gasteiger partial charge in [0.1, 0.15) is 0 Å². The SMILES string of the molecule is CCC(=O)N(C)c1ccccc1C(=O)NCc1cccc(CO)n1. The number of para-hydroxylation sites is 1. The zero-order valence-electron chi connectivity index (χ0n) is 13.8. The Hall–Kier alpha value is -2.73. The number of hydrogen-bond donors (Lipinski definition) is 2. The van der Waals surface area contributed by atoms with Crippen molar-refractivity contribution < 1.29 is 14.7 Å². The summed E-state index contributed by atoms with van der Waals surface area (Å²) in [6.07, 6.45) is 0.365. The zero-order chi connectivity index (χ0) is 17.5. The molecule has 24 heavy (non-hydrogen) atoms. The van der Waals surface area contributed by atoms with Crippen molar-refractivity contribution in [1.29, 1.82) is 0 Å². The van der Waals surface area contributed by atoms with Gasteiger partial charge in [-0.05, 0) is 24.3 Å². The van der Waals surface area contributed by atoms with Gasteiger partial charge < -0.3 is 15.3 Å². The number of aromatic nitrogens is 1. The minimum absolute atomic E-state index is 0.0624. The van der Waals surface area contributed by atoms with Crippen molar-refractivity contribution in [1.82, 2.24) is 10.3 Å². The Kier molecular flexibility index (Phi) is 6.03. The summed E-state index contributed by atoms with van der Waals surface area (Å²) in [5, 5.41) is 11.9. The molecule has 0 radical (unpaired) electrons. The zero-order valence-corrected chi connectivity index (χ0v) is 13.8. The molecule has 0 atom stereocenters. The molecule has 2 amide bonds. The van der Waals surface area contributed by atoms with Crippen LogP contribution in [0.2, 0.25) is 0 Å². The molecule has 2 rings (SSSR count). The van der Waals surface area contributed by atoms with Crippen LogP contribution in [0.25, 0.3) is 0 Å². The maximum Gasteiger partial charge on any atom is 0.253 e. The van der Waals surface area contributed by atoms with Crippen LogP contribution in [0.4, 0.5) is 5.69 Å². The van der Waals surface area contributed by atoms with Gasteiger partial charge in [0.05, 0.1) is 35.8 Å². The summed E-state index contributed by atoms with van der Waals surface area (Å²) in [5.41, 5.74) is 2.21. The topological polar surface area (TPSA) is 82.5 Å². The number of aliphatic hydroxyl groups excluding tert-OH is 1. The second-order valence-corrected chi connectivity index (χ2v) is 5.28. The molecule has 1 heterocycles. The van der Waals surface area contributed by atoms with Gasteiger partial charge in [0.25, 0.3) is 5.91 Å². The monoisotopic (exact) mass is 327 g/mol. The van der Waals surface area contributed by atoms with Gasteiger partial charge in [-0.25, -0.2) is 0 Å². The summed E-state index contributed by atoms with van der Waals surface area (Å²) < 4.78 is 0. The molecule has 2 aromatic rings. The van der Waals surface area contributed by atoms with Crippen molar-refractivity contribution in [2.45, 2.75) is 26.5 Å². The number of amides is 2. The molecular weight excluding hydrogens is 306 g/mol. The van der Waals surface area contributed by atoms with E-state index in [4.69, 9.17) is 5.11 Å². The van der Waals surface area contributed by atoms with Crippen LogP contribution in [-0.2, 0) is 17.9 Å².